The molecule has 0 bridgehead atoms. The Hall–Kier alpha value is -2.93. The highest BCUT2D eigenvalue weighted by molar-refractivity contribution is 7.87. The molecule has 0 amide bonds. The molecule has 0 atom stereocenters. The Labute approximate surface area is 139 Å². The fourth-order valence-corrected chi connectivity index (χ4v) is 3.05. The van der Waals surface area contributed by atoms with Crippen molar-refractivity contribution >= 4 is 27.9 Å². The molecular weight excluding hydrogens is 330 g/mol. The first-order valence-corrected chi connectivity index (χ1v) is 8.44. The molecule has 122 valence electrons. The summed E-state index contributed by atoms with van der Waals surface area (Å²) in [5.41, 5.74) is 1.38. The Balaban J connectivity index is 1.88. The van der Waals surface area contributed by atoms with Gasteiger partial charge >= 0.3 is 16.1 Å². The third-order valence-electron chi connectivity index (χ3n) is 3.28. The van der Waals surface area contributed by atoms with Gasteiger partial charge in [-0.1, -0.05) is 35.5 Å². The standard InChI is InChI=1S/C17H13NO5S/c1-12-16(17(19)22-18-12)11-13-6-5-7-14(10-13)23-24(20,21)15-8-3-2-4-9-15/h2-11H,1H3/b16-11+. The molecule has 0 aliphatic carbocycles. The minimum absolute atomic E-state index is 0.0658. The van der Waals surface area contributed by atoms with Crippen LogP contribution in [0.4, 0.5) is 0 Å². The van der Waals surface area contributed by atoms with Crippen LogP contribution in [0.1, 0.15) is 12.5 Å². The van der Waals surface area contributed by atoms with E-state index in [4.69, 9.17) is 4.18 Å². The summed E-state index contributed by atoms with van der Waals surface area (Å²) < 4.78 is 29.6. The van der Waals surface area contributed by atoms with E-state index in [-0.39, 0.29) is 10.6 Å². The van der Waals surface area contributed by atoms with Crippen LogP contribution in [-0.2, 0) is 19.8 Å². The number of hydrogen-bond acceptors (Lipinski definition) is 6. The van der Waals surface area contributed by atoms with E-state index in [1.807, 2.05) is 0 Å². The van der Waals surface area contributed by atoms with Crippen molar-refractivity contribution < 1.29 is 22.2 Å². The molecule has 2 aromatic rings. The number of carbonyl (C=O) groups excluding carboxylic acids is 1. The van der Waals surface area contributed by atoms with E-state index < -0.39 is 16.1 Å². The molecular formula is C17H13NO5S. The van der Waals surface area contributed by atoms with Crippen molar-refractivity contribution in [1.82, 2.24) is 0 Å². The molecule has 1 heterocycles. The quantitative estimate of drug-likeness (QED) is 0.484. The number of oxime groups is 1. The molecule has 2 aromatic carbocycles. The van der Waals surface area contributed by atoms with Gasteiger partial charge in [-0.15, -0.1) is 0 Å². The van der Waals surface area contributed by atoms with Crippen LogP contribution in [-0.4, -0.2) is 20.1 Å². The smallest absolute Gasteiger partial charge is 0.367 e. The molecule has 0 spiro atoms. The fraction of sp³-hybridized carbons (Fsp3) is 0.0588. The molecule has 6 nitrogen and oxygen atoms in total. The van der Waals surface area contributed by atoms with Crippen molar-refractivity contribution in [3.05, 3.63) is 65.7 Å². The third-order valence-corrected chi connectivity index (χ3v) is 4.54. The molecule has 0 radical (unpaired) electrons. The van der Waals surface area contributed by atoms with Gasteiger partial charge in [0, 0.05) is 0 Å². The van der Waals surface area contributed by atoms with Gasteiger partial charge in [0.2, 0.25) is 0 Å². The lowest BCUT2D eigenvalue weighted by molar-refractivity contribution is -0.136. The predicted molar refractivity (Wildman–Crippen MR) is 87.9 cm³/mol. The summed E-state index contributed by atoms with van der Waals surface area (Å²) >= 11 is 0. The molecule has 0 fully saturated rings. The number of rotatable bonds is 4. The lowest BCUT2D eigenvalue weighted by atomic mass is 10.1. The Kier molecular flexibility index (Phi) is 4.18. The van der Waals surface area contributed by atoms with Gasteiger partial charge in [-0.25, -0.2) is 4.79 Å². The van der Waals surface area contributed by atoms with E-state index in [2.05, 4.69) is 9.99 Å². The first kappa shape index (κ1) is 15.9. The maximum Gasteiger partial charge on any atom is 0.367 e. The van der Waals surface area contributed by atoms with Gasteiger partial charge in [0.25, 0.3) is 0 Å². The van der Waals surface area contributed by atoms with E-state index >= 15 is 0 Å². The zero-order chi connectivity index (χ0) is 17.2. The van der Waals surface area contributed by atoms with Crippen LogP contribution in [0.5, 0.6) is 5.75 Å². The van der Waals surface area contributed by atoms with E-state index in [0.29, 0.717) is 16.8 Å². The first-order chi connectivity index (χ1) is 11.5. The molecule has 1 aliphatic heterocycles. The average Bonchev–Trinajstić information content (AvgIpc) is 2.88. The van der Waals surface area contributed by atoms with Gasteiger partial charge < -0.3 is 9.02 Å². The van der Waals surface area contributed by atoms with Crippen LogP contribution in [0.15, 0.2) is 70.2 Å². The van der Waals surface area contributed by atoms with Crippen molar-refractivity contribution in [2.75, 3.05) is 0 Å². The summed E-state index contributed by atoms with van der Waals surface area (Å²) in [6.07, 6.45) is 1.57. The fourth-order valence-electron chi connectivity index (χ4n) is 2.10. The molecule has 0 N–H and O–H groups in total. The maximum absolute atomic E-state index is 12.2. The van der Waals surface area contributed by atoms with Crippen LogP contribution < -0.4 is 4.18 Å². The molecule has 0 aromatic heterocycles. The number of hydrogen-bond donors (Lipinski definition) is 0. The Morgan fingerprint density at radius 3 is 2.50 bits per heavy atom. The molecule has 1 aliphatic rings. The van der Waals surface area contributed by atoms with Crippen molar-refractivity contribution in [2.24, 2.45) is 5.16 Å². The summed E-state index contributed by atoms with van der Waals surface area (Å²) in [6, 6.07) is 14.3. The van der Waals surface area contributed by atoms with E-state index in [0.717, 1.165) is 0 Å². The average molecular weight is 343 g/mol. The Bertz CT molecular complexity index is 946. The highest BCUT2D eigenvalue weighted by Crippen LogP contribution is 2.22. The largest absolute Gasteiger partial charge is 0.379 e. The van der Waals surface area contributed by atoms with Gasteiger partial charge in [-0.3, -0.25) is 0 Å². The van der Waals surface area contributed by atoms with Crippen molar-refractivity contribution in [3.63, 3.8) is 0 Å². The van der Waals surface area contributed by atoms with Crippen LogP contribution in [0.25, 0.3) is 6.08 Å². The number of carbonyl (C=O) groups is 1. The molecule has 3 rings (SSSR count). The zero-order valence-electron chi connectivity index (χ0n) is 12.7. The summed E-state index contributed by atoms with van der Waals surface area (Å²) in [5, 5.41) is 3.59. The minimum atomic E-state index is -3.91. The van der Waals surface area contributed by atoms with Crippen molar-refractivity contribution in [3.8, 4) is 5.75 Å². The van der Waals surface area contributed by atoms with Crippen molar-refractivity contribution in [1.29, 1.82) is 0 Å². The second-order valence-corrected chi connectivity index (χ2v) is 6.58. The SMILES string of the molecule is CC1=NOC(=O)/C1=C/c1cccc(OS(=O)(=O)c2ccccc2)c1. The third kappa shape index (κ3) is 3.36. The van der Waals surface area contributed by atoms with Crippen molar-refractivity contribution in [2.45, 2.75) is 11.8 Å². The maximum atomic E-state index is 12.2. The normalized spacial score (nSPS) is 16.0. The summed E-state index contributed by atoms with van der Waals surface area (Å²) in [7, 11) is -3.91. The Morgan fingerprint density at radius 1 is 1.08 bits per heavy atom. The molecule has 0 saturated heterocycles. The minimum Gasteiger partial charge on any atom is -0.379 e. The second-order valence-electron chi connectivity index (χ2n) is 5.04. The summed E-state index contributed by atoms with van der Waals surface area (Å²) in [4.78, 5) is 16.2. The molecule has 24 heavy (non-hydrogen) atoms. The molecule has 0 unspecified atom stereocenters. The molecule has 7 heteroatoms. The summed E-state index contributed by atoms with van der Waals surface area (Å²) in [6.45, 7) is 1.65. The van der Waals surface area contributed by atoms with Crippen LogP contribution in [0.3, 0.4) is 0 Å². The highest BCUT2D eigenvalue weighted by atomic mass is 32.2. The zero-order valence-corrected chi connectivity index (χ0v) is 13.5. The first-order valence-electron chi connectivity index (χ1n) is 7.03. The highest BCUT2D eigenvalue weighted by Gasteiger charge is 2.22. The van der Waals surface area contributed by atoms with E-state index in [1.165, 1.54) is 24.3 Å². The van der Waals surface area contributed by atoms with E-state index in [9.17, 15) is 13.2 Å². The Morgan fingerprint density at radius 2 is 1.83 bits per heavy atom. The summed E-state index contributed by atoms with van der Waals surface area (Å²) in [5.74, 6) is -0.398. The lowest BCUT2D eigenvalue weighted by Crippen LogP contribution is -2.09. The van der Waals surface area contributed by atoms with Crippen LogP contribution in [0.2, 0.25) is 0 Å². The monoisotopic (exact) mass is 343 g/mol. The van der Waals surface area contributed by atoms with Crippen LogP contribution in [0, 0.1) is 0 Å². The predicted octanol–water partition coefficient (Wildman–Crippen LogP) is 2.77. The van der Waals surface area contributed by atoms with Gasteiger partial charge in [-0.05, 0) is 42.8 Å². The second kappa shape index (κ2) is 6.29. The number of nitrogens with zero attached hydrogens (tertiary/aromatic N) is 1. The van der Waals surface area contributed by atoms with E-state index in [1.54, 1.807) is 43.3 Å². The molecule has 0 saturated carbocycles. The van der Waals surface area contributed by atoms with Gasteiger partial charge in [-0.2, -0.15) is 8.42 Å². The topological polar surface area (TPSA) is 82.0 Å². The van der Waals surface area contributed by atoms with Crippen LogP contribution >= 0.6 is 0 Å². The van der Waals surface area contributed by atoms with Gasteiger partial charge in [0.1, 0.15) is 10.6 Å². The van der Waals surface area contributed by atoms with Gasteiger partial charge in [0.15, 0.2) is 0 Å². The number of benzene rings is 2. The van der Waals surface area contributed by atoms with Gasteiger partial charge in [0.05, 0.1) is 11.3 Å². The lowest BCUT2D eigenvalue weighted by Gasteiger charge is -2.07.